The maximum absolute atomic E-state index is 12.1. The number of nitrogens with one attached hydrogen (secondary N) is 2. The third-order valence-corrected chi connectivity index (χ3v) is 3.95. The van der Waals surface area contributed by atoms with E-state index in [1.807, 2.05) is 0 Å². The fraction of sp³-hybridized carbons (Fsp3) is 0. The third-order valence-electron chi connectivity index (χ3n) is 3.02. The lowest BCUT2D eigenvalue weighted by atomic mass is 10.2. The second-order valence-corrected chi connectivity index (χ2v) is 6.11. The van der Waals surface area contributed by atoms with E-state index in [-0.39, 0.29) is 10.8 Å². The minimum absolute atomic E-state index is 0.0190. The summed E-state index contributed by atoms with van der Waals surface area (Å²) in [7, 11) is -3.75. The van der Waals surface area contributed by atoms with E-state index in [4.69, 9.17) is 5.14 Å². The summed E-state index contributed by atoms with van der Waals surface area (Å²) in [6, 6.07) is 10.5. The molecule has 0 saturated carbocycles. The molecule has 8 nitrogen and oxygen atoms in total. The number of hydrogen-bond donors (Lipinski definition) is 3. The number of benzene rings is 2. The fourth-order valence-corrected chi connectivity index (χ4v) is 2.43. The molecule has 1 aromatic heterocycles. The summed E-state index contributed by atoms with van der Waals surface area (Å²) in [5, 5.41) is 18.0. The molecule has 1 amide bonds. The van der Waals surface area contributed by atoms with Gasteiger partial charge in [0.1, 0.15) is 11.0 Å². The minimum atomic E-state index is -3.75. The van der Waals surface area contributed by atoms with E-state index in [9.17, 15) is 13.2 Å². The van der Waals surface area contributed by atoms with Crippen LogP contribution >= 0.6 is 0 Å². The molecule has 0 spiro atoms. The van der Waals surface area contributed by atoms with Gasteiger partial charge in [0.05, 0.1) is 4.90 Å². The van der Waals surface area contributed by atoms with Gasteiger partial charge in [0.2, 0.25) is 10.0 Å². The van der Waals surface area contributed by atoms with E-state index < -0.39 is 10.0 Å². The van der Waals surface area contributed by atoms with Gasteiger partial charge in [-0.1, -0.05) is 0 Å². The molecule has 112 valence electrons. The van der Waals surface area contributed by atoms with Crippen LogP contribution < -0.4 is 10.5 Å². The number of aromatic nitrogens is 3. The number of hydrogen-bond acceptors (Lipinski definition) is 5. The molecule has 0 aliphatic carbocycles. The summed E-state index contributed by atoms with van der Waals surface area (Å²) in [5.74, 6) is -0.340. The number of nitrogens with two attached hydrogens (primary N) is 1. The quantitative estimate of drug-likeness (QED) is 0.659. The van der Waals surface area contributed by atoms with E-state index in [1.165, 1.54) is 24.3 Å². The Kier molecular flexibility index (Phi) is 3.35. The Bertz CT molecular complexity index is 947. The number of carbonyl (C=O) groups excluding carboxylic acids is 1. The zero-order chi connectivity index (χ0) is 15.7. The lowest BCUT2D eigenvalue weighted by molar-refractivity contribution is 0.102. The molecule has 0 aliphatic rings. The Hall–Kier alpha value is -2.78. The molecule has 22 heavy (non-hydrogen) atoms. The molecule has 3 aromatic rings. The lowest BCUT2D eigenvalue weighted by Gasteiger charge is -2.06. The number of amides is 1. The van der Waals surface area contributed by atoms with E-state index >= 15 is 0 Å². The first-order chi connectivity index (χ1) is 10.4. The Morgan fingerprint density at radius 2 is 1.73 bits per heavy atom. The molecule has 0 saturated heterocycles. The first-order valence-electron chi connectivity index (χ1n) is 6.18. The van der Waals surface area contributed by atoms with Crippen molar-refractivity contribution < 1.29 is 13.2 Å². The van der Waals surface area contributed by atoms with Gasteiger partial charge in [-0.2, -0.15) is 15.4 Å². The van der Waals surface area contributed by atoms with E-state index in [1.54, 1.807) is 18.2 Å². The van der Waals surface area contributed by atoms with Crippen LogP contribution in [0.15, 0.2) is 47.4 Å². The van der Waals surface area contributed by atoms with Crippen LogP contribution in [0.5, 0.6) is 0 Å². The van der Waals surface area contributed by atoms with Gasteiger partial charge in [-0.05, 0) is 42.5 Å². The van der Waals surface area contributed by atoms with Crippen molar-refractivity contribution in [3.05, 3.63) is 48.0 Å². The second-order valence-electron chi connectivity index (χ2n) is 4.55. The number of sulfonamides is 1. The molecule has 0 bridgehead atoms. The first kappa shape index (κ1) is 14.2. The fourth-order valence-electron chi connectivity index (χ4n) is 1.91. The minimum Gasteiger partial charge on any atom is -0.322 e. The van der Waals surface area contributed by atoms with Crippen molar-refractivity contribution in [1.29, 1.82) is 0 Å². The summed E-state index contributed by atoms with van der Waals surface area (Å²) in [4.78, 5) is 12.1. The van der Waals surface area contributed by atoms with Crippen molar-refractivity contribution >= 4 is 32.7 Å². The van der Waals surface area contributed by atoms with Gasteiger partial charge in [-0.25, -0.2) is 13.6 Å². The predicted octanol–water partition coefficient (Wildman–Crippen LogP) is 0.858. The van der Waals surface area contributed by atoms with Crippen LogP contribution in [-0.4, -0.2) is 29.7 Å². The Morgan fingerprint density at radius 3 is 2.41 bits per heavy atom. The Morgan fingerprint density at radius 1 is 1.05 bits per heavy atom. The van der Waals surface area contributed by atoms with Crippen LogP contribution in [0.3, 0.4) is 0 Å². The van der Waals surface area contributed by atoms with Crippen LogP contribution in [0, 0.1) is 0 Å². The molecule has 0 fully saturated rings. The largest absolute Gasteiger partial charge is 0.322 e. The van der Waals surface area contributed by atoms with Crippen LogP contribution in [0.25, 0.3) is 11.0 Å². The number of nitrogens with zero attached hydrogens (tertiary/aromatic N) is 2. The number of rotatable bonds is 3. The van der Waals surface area contributed by atoms with Crippen LogP contribution in [0.2, 0.25) is 0 Å². The van der Waals surface area contributed by atoms with Gasteiger partial charge < -0.3 is 5.32 Å². The van der Waals surface area contributed by atoms with Gasteiger partial charge in [-0.15, -0.1) is 0 Å². The topological polar surface area (TPSA) is 131 Å². The van der Waals surface area contributed by atoms with Crippen molar-refractivity contribution in [3.8, 4) is 0 Å². The SMILES string of the molecule is NS(=O)(=O)c1ccc(NC(=O)c2ccc3n[nH]nc3c2)cc1. The molecular formula is C13H11N5O3S. The van der Waals surface area contributed by atoms with Crippen LogP contribution in [0.1, 0.15) is 10.4 Å². The molecule has 3 rings (SSSR count). The molecule has 2 aromatic carbocycles. The highest BCUT2D eigenvalue weighted by atomic mass is 32.2. The maximum Gasteiger partial charge on any atom is 0.255 e. The molecule has 0 unspecified atom stereocenters. The molecule has 4 N–H and O–H groups in total. The number of aromatic amines is 1. The zero-order valence-corrected chi connectivity index (χ0v) is 12.0. The first-order valence-corrected chi connectivity index (χ1v) is 7.73. The summed E-state index contributed by atoms with van der Waals surface area (Å²) in [6.07, 6.45) is 0. The van der Waals surface area contributed by atoms with E-state index in [0.29, 0.717) is 22.3 Å². The highest BCUT2D eigenvalue weighted by Crippen LogP contribution is 2.15. The normalized spacial score (nSPS) is 11.5. The second kappa shape index (κ2) is 5.20. The van der Waals surface area contributed by atoms with Crippen molar-refractivity contribution in [2.24, 2.45) is 5.14 Å². The number of carbonyl (C=O) groups is 1. The standard InChI is InChI=1S/C13H11N5O3S/c14-22(20,21)10-4-2-9(3-5-10)15-13(19)8-1-6-11-12(7-8)17-18-16-11/h1-7H,(H,15,19)(H2,14,20,21)(H,16,17,18). The van der Waals surface area contributed by atoms with Crippen molar-refractivity contribution in [3.63, 3.8) is 0 Å². The Labute approximate surface area is 125 Å². The summed E-state index contributed by atoms with van der Waals surface area (Å²) >= 11 is 0. The van der Waals surface area contributed by atoms with Gasteiger partial charge in [0.25, 0.3) is 5.91 Å². The molecule has 9 heteroatoms. The van der Waals surface area contributed by atoms with Crippen molar-refractivity contribution in [2.45, 2.75) is 4.90 Å². The molecular weight excluding hydrogens is 306 g/mol. The van der Waals surface area contributed by atoms with Crippen molar-refractivity contribution in [1.82, 2.24) is 15.4 Å². The van der Waals surface area contributed by atoms with E-state index in [0.717, 1.165) is 0 Å². The summed E-state index contributed by atoms with van der Waals surface area (Å²) in [6.45, 7) is 0. The number of primary sulfonamides is 1. The smallest absolute Gasteiger partial charge is 0.255 e. The van der Waals surface area contributed by atoms with Gasteiger partial charge >= 0.3 is 0 Å². The maximum atomic E-state index is 12.1. The van der Waals surface area contributed by atoms with Gasteiger partial charge in [0, 0.05) is 11.3 Å². The van der Waals surface area contributed by atoms with E-state index in [2.05, 4.69) is 20.7 Å². The summed E-state index contributed by atoms with van der Waals surface area (Å²) < 4.78 is 22.3. The monoisotopic (exact) mass is 317 g/mol. The third kappa shape index (κ3) is 2.80. The molecule has 0 aliphatic heterocycles. The average molecular weight is 317 g/mol. The predicted molar refractivity (Wildman–Crippen MR) is 79.7 cm³/mol. The van der Waals surface area contributed by atoms with Gasteiger partial charge in [0.15, 0.2) is 0 Å². The number of fused-ring (bicyclic) bond motifs is 1. The summed E-state index contributed by atoms with van der Waals surface area (Å²) in [5.41, 5.74) is 2.11. The van der Waals surface area contributed by atoms with Crippen molar-refractivity contribution in [2.75, 3.05) is 5.32 Å². The lowest BCUT2D eigenvalue weighted by Crippen LogP contribution is -2.13. The number of anilines is 1. The Balaban J connectivity index is 1.81. The molecule has 0 atom stereocenters. The average Bonchev–Trinajstić information content (AvgIpc) is 2.94. The highest BCUT2D eigenvalue weighted by Gasteiger charge is 2.10. The zero-order valence-electron chi connectivity index (χ0n) is 11.1. The molecule has 1 heterocycles. The number of H-pyrrole nitrogens is 1. The molecule has 0 radical (unpaired) electrons. The highest BCUT2D eigenvalue weighted by molar-refractivity contribution is 7.89. The van der Waals surface area contributed by atoms with Gasteiger partial charge in [-0.3, -0.25) is 4.79 Å². The van der Waals surface area contributed by atoms with Crippen LogP contribution in [-0.2, 0) is 10.0 Å². The van der Waals surface area contributed by atoms with Crippen LogP contribution in [0.4, 0.5) is 5.69 Å².